The Kier molecular flexibility index (Phi) is 6.41. The van der Waals surface area contributed by atoms with E-state index in [1.807, 2.05) is 41.3 Å². The Morgan fingerprint density at radius 2 is 1.95 bits per heavy atom. The van der Waals surface area contributed by atoms with Crippen molar-refractivity contribution in [2.24, 2.45) is 0 Å². The van der Waals surface area contributed by atoms with Crippen molar-refractivity contribution in [3.63, 3.8) is 0 Å². The quantitative estimate of drug-likeness (QED) is 0.684. The average Bonchev–Trinajstić information content (AvgIpc) is 2.55. The zero-order valence-corrected chi connectivity index (χ0v) is 13.6. The number of carbonyl (C=O) groups is 1. The second-order valence-corrected chi connectivity index (χ2v) is 5.71. The molecule has 4 heteroatoms. The van der Waals surface area contributed by atoms with Crippen molar-refractivity contribution < 1.29 is 4.79 Å². The lowest BCUT2D eigenvalue weighted by molar-refractivity contribution is -0.118. The van der Waals surface area contributed by atoms with Crippen molar-refractivity contribution in [1.82, 2.24) is 4.98 Å². The lowest BCUT2D eigenvalue weighted by atomic mass is 10.1. The van der Waals surface area contributed by atoms with Gasteiger partial charge in [-0.1, -0.05) is 37.4 Å². The van der Waals surface area contributed by atoms with E-state index in [1.165, 1.54) is 0 Å². The van der Waals surface area contributed by atoms with E-state index in [4.69, 9.17) is 11.6 Å². The lowest BCUT2D eigenvalue weighted by Crippen LogP contribution is -2.30. The van der Waals surface area contributed by atoms with Crippen LogP contribution in [0.1, 0.15) is 38.2 Å². The number of halogens is 1. The summed E-state index contributed by atoms with van der Waals surface area (Å²) in [7, 11) is 0. The largest absolute Gasteiger partial charge is 0.308 e. The molecule has 1 amide bonds. The zero-order valence-electron chi connectivity index (χ0n) is 12.8. The second-order valence-electron chi connectivity index (χ2n) is 5.27. The molecule has 1 aromatic heterocycles. The van der Waals surface area contributed by atoms with Gasteiger partial charge >= 0.3 is 0 Å². The first-order valence-corrected chi connectivity index (χ1v) is 8.03. The highest BCUT2D eigenvalue weighted by Crippen LogP contribution is 2.21. The molecule has 0 saturated carbocycles. The summed E-state index contributed by atoms with van der Waals surface area (Å²) in [6, 6.07) is 11.3. The Hall–Kier alpha value is -1.87. The van der Waals surface area contributed by atoms with Gasteiger partial charge in [-0.25, -0.2) is 0 Å². The van der Waals surface area contributed by atoms with Gasteiger partial charge in [0.1, 0.15) is 0 Å². The molecule has 0 aliphatic heterocycles. The van der Waals surface area contributed by atoms with Gasteiger partial charge in [-0.15, -0.1) is 0 Å². The van der Waals surface area contributed by atoms with Gasteiger partial charge in [0.25, 0.3) is 0 Å². The van der Waals surface area contributed by atoms with Gasteiger partial charge in [0.15, 0.2) is 0 Å². The van der Waals surface area contributed by atoms with Crippen LogP contribution in [-0.2, 0) is 11.3 Å². The number of rotatable bonds is 7. The fourth-order valence-corrected chi connectivity index (χ4v) is 2.41. The van der Waals surface area contributed by atoms with E-state index in [1.54, 1.807) is 12.4 Å². The third-order valence-corrected chi connectivity index (χ3v) is 3.75. The number of pyridine rings is 1. The van der Waals surface area contributed by atoms with Crippen LogP contribution in [0.2, 0.25) is 5.02 Å². The maximum Gasteiger partial charge on any atom is 0.227 e. The summed E-state index contributed by atoms with van der Waals surface area (Å²) in [4.78, 5) is 18.5. The summed E-state index contributed by atoms with van der Waals surface area (Å²) < 4.78 is 0. The van der Waals surface area contributed by atoms with Crippen LogP contribution in [0.4, 0.5) is 5.69 Å². The number of carbonyl (C=O) groups excluding carboxylic acids is 1. The second kappa shape index (κ2) is 8.54. The molecule has 0 aliphatic carbocycles. The Morgan fingerprint density at radius 3 is 2.59 bits per heavy atom. The van der Waals surface area contributed by atoms with E-state index in [-0.39, 0.29) is 5.91 Å². The van der Waals surface area contributed by atoms with E-state index in [0.29, 0.717) is 18.0 Å². The number of nitrogens with zero attached hydrogens (tertiary/aromatic N) is 2. The Labute approximate surface area is 136 Å². The van der Waals surface area contributed by atoms with Crippen LogP contribution in [0.15, 0.2) is 48.8 Å². The van der Waals surface area contributed by atoms with Crippen molar-refractivity contribution in [3.05, 3.63) is 59.4 Å². The Bertz CT molecular complexity index is 584. The summed E-state index contributed by atoms with van der Waals surface area (Å²) in [6.07, 6.45) is 7.20. The molecule has 116 valence electrons. The van der Waals surface area contributed by atoms with E-state index in [9.17, 15) is 4.79 Å². The molecular formula is C18H21ClN2O. The van der Waals surface area contributed by atoms with E-state index in [2.05, 4.69) is 11.9 Å². The normalized spacial score (nSPS) is 10.5. The smallest absolute Gasteiger partial charge is 0.227 e. The third kappa shape index (κ3) is 4.85. The minimum Gasteiger partial charge on any atom is -0.308 e. The van der Waals surface area contributed by atoms with Crippen molar-refractivity contribution in [2.45, 2.75) is 39.2 Å². The number of benzene rings is 1. The minimum absolute atomic E-state index is 0.139. The van der Waals surface area contributed by atoms with Crippen LogP contribution in [0.25, 0.3) is 0 Å². The molecule has 0 radical (unpaired) electrons. The van der Waals surface area contributed by atoms with E-state index < -0.39 is 0 Å². The standard InChI is InChI=1S/C18H21ClN2O/c1-2-3-4-7-18(22)21(14-15-6-5-12-20-13-15)17-10-8-16(19)9-11-17/h5-6,8-13H,2-4,7,14H2,1H3. The predicted molar refractivity (Wildman–Crippen MR) is 91.0 cm³/mol. The average molecular weight is 317 g/mol. The van der Waals surface area contributed by atoms with Gasteiger partial charge in [-0.3, -0.25) is 9.78 Å². The van der Waals surface area contributed by atoms with Crippen molar-refractivity contribution in [1.29, 1.82) is 0 Å². The number of amides is 1. The Balaban J connectivity index is 2.16. The molecule has 2 rings (SSSR count). The van der Waals surface area contributed by atoms with Crippen LogP contribution < -0.4 is 4.90 Å². The summed E-state index contributed by atoms with van der Waals surface area (Å²) in [6.45, 7) is 2.66. The highest BCUT2D eigenvalue weighted by atomic mass is 35.5. The summed E-state index contributed by atoms with van der Waals surface area (Å²) in [5, 5.41) is 0.670. The van der Waals surface area contributed by atoms with Gasteiger partial charge < -0.3 is 4.90 Å². The molecule has 0 aliphatic rings. The lowest BCUT2D eigenvalue weighted by Gasteiger charge is -2.23. The number of unbranched alkanes of at least 4 members (excludes halogenated alkanes) is 2. The topological polar surface area (TPSA) is 33.2 Å². The first-order valence-electron chi connectivity index (χ1n) is 7.65. The molecule has 0 N–H and O–H groups in total. The summed E-state index contributed by atoms with van der Waals surface area (Å²) in [5.41, 5.74) is 1.89. The molecular weight excluding hydrogens is 296 g/mol. The van der Waals surface area contributed by atoms with Gasteiger partial charge in [-0.05, 0) is 42.3 Å². The van der Waals surface area contributed by atoms with Crippen LogP contribution in [0.5, 0.6) is 0 Å². The van der Waals surface area contributed by atoms with Crippen LogP contribution in [-0.4, -0.2) is 10.9 Å². The van der Waals surface area contributed by atoms with Crippen molar-refractivity contribution in [2.75, 3.05) is 4.90 Å². The molecule has 0 bridgehead atoms. The number of hydrogen-bond acceptors (Lipinski definition) is 2. The number of hydrogen-bond donors (Lipinski definition) is 0. The molecule has 0 unspecified atom stereocenters. The molecule has 3 nitrogen and oxygen atoms in total. The minimum atomic E-state index is 0.139. The maximum absolute atomic E-state index is 12.6. The molecule has 1 heterocycles. The third-order valence-electron chi connectivity index (χ3n) is 3.50. The summed E-state index contributed by atoms with van der Waals surface area (Å²) >= 11 is 5.95. The predicted octanol–water partition coefficient (Wildman–Crippen LogP) is 4.85. The molecule has 2 aromatic rings. The van der Waals surface area contributed by atoms with Crippen LogP contribution >= 0.6 is 11.6 Å². The van der Waals surface area contributed by atoms with Gasteiger partial charge in [0, 0.05) is 29.5 Å². The van der Waals surface area contributed by atoms with Gasteiger partial charge in [0.05, 0.1) is 6.54 Å². The maximum atomic E-state index is 12.6. The molecule has 0 saturated heterocycles. The molecule has 0 fully saturated rings. The molecule has 22 heavy (non-hydrogen) atoms. The monoisotopic (exact) mass is 316 g/mol. The molecule has 0 spiro atoms. The SMILES string of the molecule is CCCCCC(=O)N(Cc1cccnc1)c1ccc(Cl)cc1. The van der Waals surface area contributed by atoms with Gasteiger partial charge in [-0.2, -0.15) is 0 Å². The van der Waals surface area contributed by atoms with Crippen LogP contribution in [0, 0.1) is 0 Å². The first-order chi connectivity index (χ1) is 10.7. The Morgan fingerprint density at radius 1 is 1.18 bits per heavy atom. The summed E-state index contributed by atoms with van der Waals surface area (Å²) in [5.74, 6) is 0.139. The van der Waals surface area contributed by atoms with E-state index in [0.717, 1.165) is 30.5 Å². The highest BCUT2D eigenvalue weighted by molar-refractivity contribution is 6.30. The number of anilines is 1. The highest BCUT2D eigenvalue weighted by Gasteiger charge is 2.16. The van der Waals surface area contributed by atoms with Crippen molar-refractivity contribution >= 4 is 23.2 Å². The van der Waals surface area contributed by atoms with Gasteiger partial charge in [0.2, 0.25) is 5.91 Å². The zero-order chi connectivity index (χ0) is 15.8. The van der Waals surface area contributed by atoms with E-state index >= 15 is 0 Å². The molecule has 1 aromatic carbocycles. The fourth-order valence-electron chi connectivity index (χ4n) is 2.28. The fraction of sp³-hybridized carbons (Fsp3) is 0.333. The van der Waals surface area contributed by atoms with Crippen molar-refractivity contribution in [3.8, 4) is 0 Å². The van der Waals surface area contributed by atoms with Crippen LogP contribution in [0.3, 0.4) is 0 Å². The first kappa shape index (κ1) is 16.5. The number of aromatic nitrogens is 1. The molecule has 0 atom stereocenters.